The molecule has 0 bridgehead atoms. The fourth-order valence-electron chi connectivity index (χ4n) is 5.08. The van der Waals surface area contributed by atoms with Crippen LogP contribution in [0.2, 0.25) is 0 Å². The zero-order chi connectivity index (χ0) is 29.5. The van der Waals surface area contributed by atoms with Crippen molar-refractivity contribution in [3.63, 3.8) is 0 Å². The molecule has 0 aliphatic heterocycles. The Morgan fingerprint density at radius 2 is 1.61 bits per heavy atom. The van der Waals surface area contributed by atoms with Gasteiger partial charge in [-0.3, -0.25) is 9.59 Å². The molecule has 0 saturated carbocycles. The van der Waals surface area contributed by atoms with E-state index < -0.39 is 0 Å². The number of nitrogens with one attached hydrogen (secondary N) is 1. The average molecular weight is 566 g/mol. The van der Waals surface area contributed by atoms with Gasteiger partial charge in [0.25, 0.3) is 0 Å². The number of H-pyrrole nitrogens is 1. The maximum atomic E-state index is 13.8. The molecule has 3 aromatic rings. The lowest BCUT2D eigenvalue weighted by molar-refractivity contribution is -0.141. The molecule has 0 saturated heterocycles. The van der Waals surface area contributed by atoms with Gasteiger partial charge in [-0.2, -0.15) is 0 Å². The first-order chi connectivity index (χ1) is 20.0. The highest BCUT2D eigenvalue weighted by Crippen LogP contribution is 2.28. The van der Waals surface area contributed by atoms with Gasteiger partial charge in [0.05, 0.1) is 20.8 Å². The highest BCUT2D eigenvalue weighted by atomic mass is 16.5. The van der Waals surface area contributed by atoms with E-state index in [2.05, 4.69) is 24.0 Å². The zero-order valence-corrected chi connectivity index (χ0v) is 25.2. The monoisotopic (exact) mass is 565 g/mol. The predicted molar refractivity (Wildman–Crippen MR) is 163 cm³/mol. The van der Waals surface area contributed by atoms with Crippen molar-refractivity contribution in [2.75, 3.05) is 47.6 Å². The summed E-state index contributed by atoms with van der Waals surface area (Å²) in [6.07, 6.45) is 9.25. The molecule has 3 rings (SSSR count). The number of nitrogens with zero attached hydrogens (tertiary/aromatic N) is 2. The van der Waals surface area contributed by atoms with Crippen molar-refractivity contribution in [3.8, 4) is 11.5 Å². The summed E-state index contributed by atoms with van der Waals surface area (Å²) in [5, 5.41) is 1.16. The van der Waals surface area contributed by atoms with E-state index in [4.69, 9.17) is 14.2 Å². The molecule has 1 heterocycles. The third kappa shape index (κ3) is 9.81. The van der Waals surface area contributed by atoms with Crippen molar-refractivity contribution >= 4 is 22.7 Å². The van der Waals surface area contributed by atoms with E-state index in [0.717, 1.165) is 41.3 Å². The Morgan fingerprint density at radius 3 is 2.37 bits per heavy atom. The Kier molecular flexibility index (Phi) is 13.5. The van der Waals surface area contributed by atoms with Crippen LogP contribution in [0.25, 0.3) is 10.9 Å². The largest absolute Gasteiger partial charge is 0.493 e. The Morgan fingerprint density at radius 1 is 0.829 bits per heavy atom. The third-order valence-electron chi connectivity index (χ3n) is 7.45. The van der Waals surface area contributed by atoms with Crippen LogP contribution >= 0.6 is 0 Å². The number of hydrogen-bond acceptors (Lipinski definition) is 5. The van der Waals surface area contributed by atoms with Crippen LogP contribution in [-0.2, 0) is 27.3 Å². The molecule has 2 aromatic carbocycles. The maximum Gasteiger partial charge on any atom is 0.242 e. The normalized spacial score (nSPS) is 11.0. The summed E-state index contributed by atoms with van der Waals surface area (Å²) in [6.45, 7) is 4.20. The topological polar surface area (TPSA) is 84.1 Å². The number of amides is 2. The van der Waals surface area contributed by atoms with Crippen LogP contribution in [0, 0.1) is 0 Å². The number of fused-ring (bicyclic) bond motifs is 1. The molecule has 0 atom stereocenters. The van der Waals surface area contributed by atoms with Crippen molar-refractivity contribution in [3.05, 3.63) is 59.8 Å². The molecule has 224 valence electrons. The SMILES string of the molecule is CCCCCCCC(=O)N(CCCOC)CC(=O)N(CCc1c[nH]c2ccccc12)Cc1ccc(OC)c(OC)c1. The van der Waals surface area contributed by atoms with Crippen LogP contribution in [0.3, 0.4) is 0 Å². The number of unbranched alkanes of at least 4 members (excludes halogenated alkanes) is 4. The van der Waals surface area contributed by atoms with Crippen LogP contribution in [0.1, 0.15) is 63.0 Å². The molecule has 0 radical (unpaired) electrons. The molecular weight excluding hydrogens is 518 g/mol. The fraction of sp³-hybridized carbons (Fsp3) is 0.515. The van der Waals surface area contributed by atoms with E-state index >= 15 is 0 Å². The van der Waals surface area contributed by atoms with Gasteiger partial charge >= 0.3 is 0 Å². The second-order valence-electron chi connectivity index (χ2n) is 10.4. The predicted octanol–water partition coefficient (Wildman–Crippen LogP) is 5.98. The summed E-state index contributed by atoms with van der Waals surface area (Å²) in [5.74, 6) is 1.22. The van der Waals surface area contributed by atoms with E-state index in [0.29, 0.717) is 57.0 Å². The summed E-state index contributed by atoms with van der Waals surface area (Å²) < 4.78 is 16.1. The van der Waals surface area contributed by atoms with Crippen LogP contribution in [0.15, 0.2) is 48.7 Å². The molecule has 0 fully saturated rings. The minimum absolute atomic E-state index is 0.0358. The van der Waals surface area contributed by atoms with Gasteiger partial charge in [0.15, 0.2) is 11.5 Å². The number of ether oxygens (including phenoxy) is 3. The fourth-order valence-corrected chi connectivity index (χ4v) is 5.08. The maximum absolute atomic E-state index is 13.8. The second-order valence-corrected chi connectivity index (χ2v) is 10.4. The van der Waals surface area contributed by atoms with Crippen molar-refractivity contribution in [2.24, 2.45) is 0 Å². The van der Waals surface area contributed by atoms with E-state index in [9.17, 15) is 9.59 Å². The Labute approximate surface area is 244 Å². The summed E-state index contributed by atoms with van der Waals surface area (Å²) in [5.41, 5.74) is 3.17. The number of benzene rings is 2. The number of carbonyl (C=O) groups is 2. The second kappa shape index (κ2) is 17.3. The Balaban J connectivity index is 1.77. The molecule has 1 aromatic heterocycles. The number of aromatic nitrogens is 1. The summed E-state index contributed by atoms with van der Waals surface area (Å²) >= 11 is 0. The Bertz CT molecular complexity index is 1220. The highest BCUT2D eigenvalue weighted by Gasteiger charge is 2.22. The van der Waals surface area contributed by atoms with E-state index in [1.165, 1.54) is 12.8 Å². The van der Waals surface area contributed by atoms with Crippen molar-refractivity contribution in [1.82, 2.24) is 14.8 Å². The van der Waals surface area contributed by atoms with Gasteiger partial charge in [-0.15, -0.1) is 0 Å². The van der Waals surface area contributed by atoms with Crippen LogP contribution in [0.4, 0.5) is 0 Å². The number of para-hydroxylation sites is 1. The quantitative estimate of drug-likeness (QED) is 0.181. The molecule has 41 heavy (non-hydrogen) atoms. The Hall–Kier alpha value is -3.52. The van der Waals surface area contributed by atoms with Crippen LogP contribution in [0.5, 0.6) is 11.5 Å². The lowest BCUT2D eigenvalue weighted by atomic mass is 10.1. The van der Waals surface area contributed by atoms with Crippen molar-refractivity contribution < 1.29 is 23.8 Å². The first-order valence-corrected chi connectivity index (χ1v) is 14.8. The molecular formula is C33H47N3O5. The first kappa shape index (κ1) is 32.0. The lowest BCUT2D eigenvalue weighted by Crippen LogP contribution is -2.44. The molecule has 1 N–H and O–H groups in total. The number of hydrogen-bond donors (Lipinski definition) is 1. The van der Waals surface area contributed by atoms with Gasteiger partial charge in [0.1, 0.15) is 0 Å². The van der Waals surface area contributed by atoms with Gasteiger partial charge in [-0.05, 0) is 48.6 Å². The summed E-state index contributed by atoms with van der Waals surface area (Å²) in [7, 11) is 4.86. The molecule has 8 nitrogen and oxygen atoms in total. The van der Waals surface area contributed by atoms with Gasteiger partial charge in [-0.1, -0.05) is 56.9 Å². The molecule has 0 spiro atoms. The molecule has 8 heteroatoms. The van der Waals surface area contributed by atoms with Crippen molar-refractivity contribution in [2.45, 2.75) is 64.8 Å². The van der Waals surface area contributed by atoms with Crippen LogP contribution in [-0.4, -0.2) is 74.2 Å². The first-order valence-electron chi connectivity index (χ1n) is 14.8. The van der Waals surface area contributed by atoms with Gasteiger partial charge < -0.3 is 29.0 Å². The molecule has 0 aliphatic carbocycles. The number of carbonyl (C=O) groups excluding carboxylic acids is 2. The van der Waals surface area contributed by atoms with E-state index in [1.807, 2.05) is 41.4 Å². The number of methoxy groups -OCH3 is 3. The summed E-state index contributed by atoms with van der Waals surface area (Å²) in [6, 6.07) is 13.9. The minimum atomic E-state index is -0.0728. The standard InChI is InChI=1S/C33H47N3O5/c1-5-6-7-8-9-15-32(37)35(19-12-21-39-2)25-33(38)36(24-26-16-17-30(40-3)31(22-26)41-4)20-18-27-23-34-29-14-11-10-13-28(27)29/h10-11,13-14,16-17,22-23,34H,5-9,12,15,18-21,24-25H2,1-4H3. The van der Waals surface area contributed by atoms with Gasteiger partial charge in [0.2, 0.25) is 11.8 Å². The van der Waals surface area contributed by atoms with Gasteiger partial charge in [0, 0.05) is 56.9 Å². The summed E-state index contributed by atoms with van der Waals surface area (Å²) in [4.78, 5) is 34.0. The third-order valence-corrected chi connectivity index (χ3v) is 7.45. The lowest BCUT2D eigenvalue weighted by Gasteiger charge is -2.28. The molecule has 0 unspecified atom stereocenters. The molecule has 2 amide bonds. The van der Waals surface area contributed by atoms with E-state index in [-0.39, 0.29) is 18.4 Å². The number of aromatic amines is 1. The average Bonchev–Trinajstić information content (AvgIpc) is 3.41. The smallest absolute Gasteiger partial charge is 0.242 e. The number of rotatable bonds is 19. The minimum Gasteiger partial charge on any atom is -0.493 e. The van der Waals surface area contributed by atoms with E-state index in [1.54, 1.807) is 26.2 Å². The van der Waals surface area contributed by atoms with Crippen LogP contribution < -0.4 is 9.47 Å². The van der Waals surface area contributed by atoms with Gasteiger partial charge in [-0.25, -0.2) is 0 Å². The highest BCUT2D eigenvalue weighted by molar-refractivity contribution is 5.85. The molecule has 0 aliphatic rings. The van der Waals surface area contributed by atoms with Crippen molar-refractivity contribution in [1.29, 1.82) is 0 Å². The zero-order valence-electron chi connectivity index (χ0n) is 25.2.